The van der Waals surface area contributed by atoms with Crippen LogP contribution in [0.1, 0.15) is 17.2 Å². The fraction of sp³-hybridized carbons (Fsp3) is 0.462. The summed E-state index contributed by atoms with van der Waals surface area (Å²) >= 11 is 0. The highest BCUT2D eigenvalue weighted by atomic mass is 16.7. The van der Waals surface area contributed by atoms with Crippen LogP contribution in [0.2, 0.25) is 0 Å². The quantitative estimate of drug-likeness (QED) is 0.181. The molecular formula is C26H34O12. The van der Waals surface area contributed by atoms with E-state index in [0.717, 1.165) is 5.56 Å². The van der Waals surface area contributed by atoms with Crippen molar-refractivity contribution in [2.75, 3.05) is 34.0 Å². The number of aliphatic hydroxyl groups excluding tert-OH is 7. The highest BCUT2D eigenvalue weighted by Gasteiger charge is 2.45. The van der Waals surface area contributed by atoms with Gasteiger partial charge in [0, 0.05) is 0 Å². The molecule has 1 saturated heterocycles. The van der Waals surface area contributed by atoms with Crippen LogP contribution in [-0.4, -0.2) is 107 Å². The summed E-state index contributed by atoms with van der Waals surface area (Å²) in [6.07, 6.45) is -6.47. The predicted molar refractivity (Wildman–Crippen MR) is 133 cm³/mol. The Balaban J connectivity index is 1.78. The number of aliphatic hydroxyl groups is 7. The number of hydrogen-bond donors (Lipinski definition) is 7. The summed E-state index contributed by atoms with van der Waals surface area (Å²) in [5.41, 5.74) is 1.06. The van der Waals surface area contributed by atoms with E-state index in [4.69, 9.17) is 28.8 Å². The van der Waals surface area contributed by atoms with Gasteiger partial charge in [-0.3, -0.25) is 0 Å². The van der Waals surface area contributed by atoms with E-state index >= 15 is 0 Å². The van der Waals surface area contributed by atoms with Crippen molar-refractivity contribution in [3.63, 3.8) is 0 Å². The Hall–Kier alpha value is -2.94. The summed E-state index contributed by atoms with van der Waals surface area (Å²) < 4.78 is 27.6. The molecule has 1 aliphatic rings. The van der Waals surface area contributed by atoms with Gasteiger partial charge in [-0.05, 0) is 35.4 Å². The van der Waals surface area contributed by atoms with Gasteiger partial charge in [-0.25, -0.2) is 0 Å². The lowest BCUT2D eigenvalue weighted by Crippen LogP contribution is -2.60. The summed E-state index contributed by atoms with van der Waals surface area (Å²) in [5, 5.41) is 69.4. The monoisotopic (exact) mass is 538 g/mol. The third-order valence-corrected chi connectivity index (χ3v) is 6.03. The molecule has 0 aliphatic carbocycles. The molecule has 38 heavy (non-hydrogen) atoms. The van der Waals surface area contributed by atoms with Crippen molar-refractivity contribution in [3.8, 4) is 23.0 Å². The standard InChI is InChI=1S/C26H34O12/c1-34-18-10-14(4-3-9-27)5-7-16(18)36-20(12-28)22(30)15-6-8-17(19(11-15)35-2)37-26-25(33)24(32)23(31)21(13-29)38-26/h3-8,10-11,20-33H,9,12-13H2,1-2H3/b4-3+/t20-,21+,22-,23+,24-,25+,26+/m0/s1. The lowest BCUT2D eigenvalue weighted by molar-refractivity contribution is -0.277. The summed E-state index contributed by atoms with van der Waals surface area (Å²) in [6.45, 7) is -1.26. The van der Waals surface area contributed by atoms with Crippen molar-refractivity contribution < 1.29 is 59.4 Å². The molecule has 0 saturated carbocycles. The maximum absolute atomic E-state index is 11.0. The second-order valence-corrected chi connectivity index (χ2v) is 8.50. The number of rotatable bonds is 12. The SMILES string of the molecule is COc1cc([C@H](O)[C@H](CO)Oc2ccc(/C=C/CO)cc2OC)ccc1O[C@@H]1O[C@H](CO)[C@@H](O)[C@H](O)[C@H]1O. The zero-order valence-electron chi connectivity index (χ0n) is 21.0. The maximum Gasteiger partial charge on any atom is 0.229 e. The minimum Gasteiger partial charge on any atom is -0.493 e. The minimum absolute atomic E-state index is 0.0856. The van der Waals surface area contributed by atoms with Gasteiger partial charge < -0.3 is 59.4 Å². The smallest absolute Gasteiger partial charge is 0.229 e. The van der Waals surface area contributed by atoms with Crippen LogP contribution in [0.3, 0.4) is 0 Å². The van der Waals surface area contributed by atoms with Crippen molar-refractivity contribution in [2.45, 2.75) is 42.9 Å². The predicted octanol–water partition coefficient (Wildman–Crippen LogP) is -0.639. The van der Waals surface area contributed by atoms with Crippen molar-refractivity contribution in [3.05, 3.63) is 53.6 Å². The summed E-state index contributed by atoms with van der Waals surface area (Å²) in [5.74, 6) is 0.855. The fourth-order valence-electron chi connectivity index (χ4n) is 3.91. The molecule has 0 aromatic heterocycles. The molecule has 0 bridgehead atoms. The number of methoxy groups -OCH3 is 2. The molecule has 3 rings (SSSR count). The summed E-state index contributed by atoms with van der Waals surface area (Å²) in [7, 11) is 2.80. The van der Waals surface area contributed by atoms with Crippen molar-refractivity contribution >= 4 is 6.08 Å². The van der Waals surface area contributed by atoms with Crippen LogP contribution in [-0.2, 0) is 4.74 Å². The molecule has 12 heteroatoms. The van der Waals surface area contributed by atoms with Crippen molar-refractivity contribution in [1.29, 1.82) is 0 Å². The summed E-state index contributed by atoms with van der Waals surface area (Å²) in [6, 6.07) is 9.36. The largest absolute Gasteiger partial charge is 0.493 e. The fourth-order valence-corrected chi connectivity index (χ4v) is 3.91. The topological polar surface area (TPSA) is 188 Å². The molecule has 1 heterocycles. The number of hydrogen-bond acceptors (Lipinski definition) is 12. The Morgan fingerprint density at radius 2 is 1.55 bits per heavy atom. The molecule has 2 aromatic rings. The molecule has 210 valence electrons. The molecule has 12 nitrogen and oxygen atoms in total. The molecule has 2 aromatic carbocycles. The van der Waals surface area contributed by atoms with Crippen molar-refractivity contribution in [1.82, 2.24) is 0 Å². The zero-order chi connectivity index (χ0) is 27.8. The average Bonchev–Trinajstić information content (AvgIpc) is 2.94. The third kappa shape index (κ3) is 6.73. The van der Waals surface area contributed by atoms with Crippen LogP contribution in [0.5, 0.6) is 23.0 Å². The first kappa shape index (κ1) is 29.6. The van der Waals surface area contributed by atoms with Crippen LogP contribution in [0.15, 0.2) is 42.5 Å². The Kier molecular flexibility index (Phi) is 10.7. The zero-order valence-corrected chi connectivity index (χ0v) is 21.0. The second kappa shape index (κ2) is 13.7. The van der Waals surface area contributed by atoms with E-state index < -0.39 is 56.1 Å². The van der Waals surface area contributed by atoms with Crippen LogP contribution in [0.25, 0.3) is 6.08 Å². The van der Waals surface area contributed by atoms with Gasteiger partial charge in [0.2, 0.25) is 6.29 Å². The third-order valence-electron chi connectivity index (χ3n) is 6.03. The first-order chi connectivity index (χ1) is 18.3. The molecule has 7 atom stereocenters. The molecule has 0 amide bonds. The second-order valence-electron chi connectivity index (χ2n) is 8.50. The molecule has 0 unspecified atom stereocenters. The Morgan fingerprint density at radius 1 is 0.868 bits per heavy atom. The van der Waals surface area contributed by atoms with Gasteiger partial charge in [-0.2, -0.15) is 0 Å². The molecule has 1 fully saturated rings. The number of ether oxygens (including phenoxy) is 5. The number of benzene rings is 2. The summed E-state index contributed by atoms with van der Waals surface area (Å²) in [4.78, 5) is 0. The van der Waals surface area contributed by atoms with E-state index in [1.165, 1.54) is 32.4 Å². The normalized spacial score (nSPS) is 25.1. The Labute approximate surface area is 219 Å². The lowest BCUT2D eigenvalue weighted by Gasteiger charge is -2.39. The van der Waals surface area contributed by atoms with E-state index in [2.05, 4.69) is 0 Å². The van der Waals surface area contributed by atoms with Gasteiger partial charge in [0.25, 0.3) is 0 Å². The first-order valence-electron chi connectivity index (χ1n) is 11.8. The van der Waals surface area contributed by atoms with Crippen LogP contribution < -0.4 is 18.9 Å². The first-order valence-corrected chi connectivity index (χ1v) is 11.8. The van der Waals surface area contributed by atoms with E-state index in [1.54, 1.807) is 30.4 Å². The van der Waals surface area contributed by atoms with E-state index in [-0.39, 0.29) is 23.9 Å². The molecule has 7 N–H and O–H groups in total. The minimum atomic E-state index is -1.62. The van der Waals surface area contributed by atoms with Gasteiger partial charge in [-0.15, -0.1) is 0 Å². The van der Waals surface area contributed by atoms with Gasteiger partial charge in [0.05, 0.1) is 34.0 Å². The van der Waals surface area contributed by atoms with Gasteiger partial charge in [-0.1, -0.05) is 24.3 Å². The lowest BCUT2D eigenvalue weighted by atomic mass is 9.99. The highest BCUT2D eigenvalue weighted by Crippen LogP contribution is 2.36. The molecule has 1 aliphatic heterocycles. The molecule has 0 radical (unpaired) electrons. The van der Waals surface area contributed by atoms with E-state index in [9.17, 15) is 30.6 Å². The average molecular weight is 539 g/mol. The van der Waals surface area contributed by atoms with E-state index in [1.807, 2.05) is 0 Å². The van der Waals surface area contributed by atoms with Crippen LogP contribution >= 0.6 is 0 Å². The molecule has 0 spiro atoms. The Bertz CT molecular complexity index is 1060. The van der Waals surface area contributed by atoms with Crippen LogP contribution in [0.4, 0.5) is 0 Å². The van der Waals surface area contributed by atoms with E-state index in [0.29, 0.717) is 11.3 Å². The van der Waals surface area contributed by atoms with Gasteiger partial charge >= 0.3 is 0 Å². The van der Waals surface area contributed by atoms with Gasteiger partial charge in [0.1, 0.15) is 30.5 Å². The Morgan fingerprint density at radius 3 is 2.18 bits per heavy atom. The highest BCUT2D eigenvalue weighted by molar-refractivity contribution is 5.56. The van der Waals surface area contributed by atoms with Gasteiger partial charge in [0.15, 0.2) is 29.1 Å². The van der Waals surface area contributed by atoms with Crippen molar-refractivity contribution in [2.24, 2.45) is 0 Å². The van der Waals surface area contributed by atoms with Crippen LogP contribution in [0, 0.1) is 0 Å². The molecular weight excluding hydrogens is 504 g/mol. The maximum atomic E-state index is 11.0.